The molecule has 162 valence electrons. The van der Waals surface area contributed by atoms with E-state index < -0.39 is 29.6 Å². The van der Waals surface area contributed by atoms with Crippen LogP contribution in [0.15, 0.2) is 30.3 Å². The quantitative estimate of drug-likeness (QED) is 0.702. The molecule has 6 heteroatoms. The van der Waals surface area contributed by atoms with Gasteiger partial charge < -0.3 is 14.6 Å². The lowest BCUT2D eigenvalue weighted by Crippen LogP contribution is -2.50. The molecule has 0 saturated carbocycles. The van der Waals surface area contributed by atoms with Gasteiger partial charge in [-0.15, -0.1) is 0 Å². The number of nitrogens with zero attached hydrogens (tertiary/aromatic N) is 1. The van der Waals surface area contributed by atoms with Crippen LogP contribution >= 0.6 is 0 Å². The summed E-state index contributed by atoms with van der Waals surface area (Å²) in [5.41, 5.74) is 0.388. The van der Waals surface area contributed by atoms with Gasteiger partial charge in [0.15, 0.2) is 0 Å². The predicted octanol–water partition coefficient (Wildman–Crippen LogP) is 3.31. The summed E-state index contributed by atoms with van der Waals surface area (Å²) in [5, 5.41) is 10.5. The first-order valence-corrected chi connectivity index (χ1v) is 10.4. The van der Waals surface area contributed by atoms with Crippen molar-refractivity contribution in [3.05, 3.63) is 35.9 Å². The number of hydrogen-bond acceptors (Lipinski definition) is 6. The molecule has 0 spiro atoms. The van der Waals surface area contributed by atoms with Gasteiger partial charge in [0.1, 0.15) is 11.6 Å². The Morgan fingerprint density at radius 3 is 2.28 bits per heavy atom. The van der Waals surface area contributed by atoms with E-state index in [0.29, 0.717) is 19.4 Å². The van der Waals surface area contributed by atoms with Gasteiger partial charge >= 0.3 is 11.9 Å². The van der Waals surface area contributed by atoms with Crippen LogP contribution < -0.4 is 0 Å². The van der Waals surface area contributed by atoms with Crippen molar-refractivity contribution in [2.45, 2.75) is 90.8 Å². The maximum Gasteiger partial charge on any atom is 0.323 e. The van der Waals surface area contributed by atoms with E-state index in [1.165, 1.54) is 0 Å². The molecule has 2 rings (SSSR count). The zero-order valence-corrected chi connectivity index (χ0v) is 18.4. The lowest BCUT2D eigenvalue weighted by Gasteiger charge is -2.36. The van der Waals surface area contributed by atoms with Crippen molar-refractivity contribution in [1.82, 2.24) is 4.90 Å². The summed E-state index contributed by atoms with van der Waals surface area (Å²) in [6.45, 7) is 11.2. The SMILES string of the molecule is CC(C)OC(=O)[C@@H]1CC[C@H](C(C(=O)OC(C)(C)C)C(C)O)N1Cc1ccccc1. The van der Waals surface area contributed by atoms with Crippen molar-refractivity contribution in [1.29, 1.82) is 0 Å². The molecule has 1 aliphatic heterocycles. The second-order valence-corrected chi connectivity index (χ2v) is 9.10. The van der Waals surface area contributed by atoms with Crippen molar-refractivity contribution in [2.75, 3.05) is 0 Å². The van der Waals surface area contributed by atoms with E-state index >= 15 is 0 Å². The number of ether oxygens (including phenoxy) is 2. The average molecular weight is 406 g/mol. The Labute approximate surface area is 174 Å². The highest BCUT2D eigenvalue weighted by atomic mass is 16.6. The largest absolute Gasteiger partial charge is 0.462 e. The Morgan fingerprint density at radius 1 is 1.14 bits per heavy atom. The third-order valence-electron chi connectivity index (χ3n) is 5.01. The zero-order valence-electron chi connectivity index (χ0n) is 18.4. The standard InChI is InChI=1S/C23H35NO5/c1-15(2)28-21(26)19-13-12-18(24(19)14-17-10-8-7-9-11-17)20(16(3)25)22(27)29-23(4,5)6/h7-11,15-16,18-20,25H,12-14H2,1-6H3/t16?,18-,19+,20?/m1/s1. The van der Waals surface area contributed by atoms with E-state index in [1.54, 1.807) is 6.92 Å². The maximum atomic E-state index is 12.9. The Hall–Kier alpha value is -1.92. The minimum Gasteiger partial charge on any atom is -0.462 e. The van der Waals surface area contributed by atoms with Gasteiger partial charge in [-0.2, -0.15) is 0 Å². The first-order chi connectivity index (χ1) is 13.5. The molecule has 1 heterocycles. The number of hydrogen-bond donors (Lipinski definition) is 1. The van der Waals surface area contributed by atoms with Crippen molar-refractivity contribution in [3.63, 3.8) is 0 Å². The van der Waals surface area contributed by atoms with E-state index in [2.05, 4.69) is 0 Å². The molecule has 0 aliphatic carbocycles. The van der Waals surface area contributed by atoms with Crippen molar-refractivity contribution >= 4 is 11.9 Å². The Balaban J connectivity index is 2.33. The molecule has 0 amide bonds. The molecule has 1 fully saturated rings. The minimum absolute atomic E-state index is 0.210. The van der Waals surface area contributed by atoms with Crippen molar-refractivity contribution in [2.24, 2.45) is 5.92 Å². The van der Waals surface area contributed by atoms with Crippen molar-refractivity contribution < 1.29 is 24.2 Å². The highest BCUT2D eigenvalue weighted by molar-refractivity contribution is 5.78. The number of likely N-dealkylation sites (tertiary alicyclic amines) is 1. The zero-order chi connectivity index (χ0) is 21.8. The molecule has 2 unspecified atom stereocenters. The van der Waals surface area contributed by atoms with E-state index in [9.17, 15) is 14.7 Å². The fourth-order valence-electron chi connectivity index (χ4n) is 3.91. The van der Waals surface area contributed by atoms with E-state index in [-0.39, 0.29) is 18.1 Å². The van der Waals surface area contributed by atoms with Crippen LogP contribution in [0.4, 0.5) is 0 Å². The van der Waals surface area contributed by atoms with Crippen LogP contribution in [0.3, 0.4) is 0 Å². The van der Waals surface area contributed by atoms with Crippen LogP contribution in [0.25, 0.3) is 0 Å². The van der Waals surface area contributed by atoms with Gasteiger partial charge in [0.2, 0.25) is 0 Å². The van der Waals surface area contributed by atoms with Gasteiger partial charge in [0.25, 0.3) is 0 Å². The summed E-state index contributed by atoms with van der Waals surface area (Å²) < 4.78 is 11.1. The molecule has 1 aliphatic rings. The van der Waals surface area contributed by atoms with Gasteiger partial charge in [-0.25, -0.2) is 0 Å². The van der Waals surface area contributed by atoms with Crippen LogP contribution in [-0.2, 0) is 25.6 Å². The third kappa shape index (κ3) is 6.54. The predicted molar refractivity (Wildman–Crippen MR) is 111 cm³/mol. The van der Waals surface area contributed by atoms with Crippen LogP contribution in [0.5, 0.6) is 0 Å². The number of rotatable bonds is 7. The third-order valence-corrected chi connectivity index (χ3v) is 5.01. The van der Waals surface area contributed by atoms with Gasteiger partial charge in [0, 0.05) is 12.6 Å². The number of esters is 2. The molecule has 29 heavy (non-hydrogen) atoms. The minimum atomic E-state index is -0.895. The van der Waals surface area contributed by atoms with Crippen LogP contribution in [0, 0.1) is 5.92 Å². The van der Waals surface area contributed by atoms with Crippen LogP contribution in [-0.4, -0.2) is 51.8 Å². The number of carbonyl (C=O) groups is 2. The van der Waals surface area contributed by atoms with Crippen LogP contribution in [0.1, 0.15) is 59.9 Å². The van der Waals surface area contributed by atoms with Gasteiger partial charge in [-0.3, -0.25) is 14.5 Å². The normalized spacial score (nSPS) is 22.3. The molecule has 1 saturated heterocycles. The Morgan fingerprint density at radius 2 is 1.76 bits per heavy atom. The molecular formula is C23H35NO5. The highest BCUT2D eigenvalue weighted by Crippen LogP contribution is 2.34. The number of carbonyl (C=O) groups excluding carboxylic acids is 2. The van der Waals surface area contributed by atoms with Crippen LogP contribution in [0.2, 0.25) is 0 Å². The molecular weight excluding hydrogens is 370 g/mol. The number of aliphatic hydroxyl groups is 1. The summed E-state index contributed by atoms with van der Waals surface area (Å²) >= 11 is 0. The molecule has 4 atom stereocenters. The lowest BCUT2D eigenvalue weighted by molar-refractivity contribution is -0.169. The number of aliphatic hydroxyl groups excluding tert-OH is 1. The smallest absolute Gasteiger partial charge is 0.323 e. The highest BCUT2D eigenvalue weighted by Gasteiger charge is 2.47. The molecule has 0 radical (unpaired) electrons. The lowest BCUT2D eigenvalue weighted by atomic mass is 9.92. The molecule has 0 bridgehead atoms. The second kappa shape index (κ2) is 9.72. The van der Waals surface area contributed by atoms with E-state index in [4.69, 9.17) is 9.47 Å². The average Bonchev–Trinajstić information content (AvgIpc) is 2.96. The van der Waals surface area contributed by atoms with E-state index in [0.717, 1.165) is 5.56 Å². The van der Waals surface area contributed by atoms with Gasteiger partial charge in [-0.1, -0.05) is 30.3 Å². The number of benzene rings is 1. The fourth-order valence-corrected chi connectivity index (χ4v) is 3.91. The Kier molecular flexibility index (Phi) is 7.83. The summed E-state index contributed by atoms with van der Waals surface area (Å²) in [4.78, 5) is 27.7. The van der Waals surface area contributed by atoms with Gasteiger partial charge in [-0.05, 0) is 59.9 Å². The summed E-state index contributed by atoms with van der Waals surface area (Å²) in [6.07, 6.45) is 0.0840. The summed E-state index contributed by atoms with van der Waals surface area (Å²) in [7, 11) is 0. The summed E-state index contributed by atoms with van der Waals surface area (Å²) in [5.74, 6) is -1.46. The molecule has 1 N–H and O–H groups in total. The maximum absolute atomic E-state index is 12.9. The Bertz CT molecular complexity index is 680. The monoisotopic (exact) mass is 405 g/mol. The van der Waals surface area contributed by atoms with E-state index in [1.807, 2.05) is 69.9 Å². The molecule has 1 aromatic carbocycles. The second-order valence-electron chi connectivity index (χ2n) is 9.10. The van der Waals surface area contributed by atoms with Gasteiger partial charge in [0.05, 0.1) is 18.1 Å². The fraction of sp³-hybridized carbons (Fsp3) is 0.652. The molecule has 0 aromatic heterocycles. The van der Waals surface area contributed by atoms with Crippen molar-refractivity contribution in [3.8, 4) is 0 Å². The molecule has 6 nitrogen and oxygen atoms in total. The first-order valence-electron chi connectivity index (χ1n) is 10.4. The topological polar surface area (TPSA) is 76.1 Å². The first kappa shape index (κ1) is 23.4. The summed E-state index contributed by atoms with van der Waals surface area (Å²) in [6, 6.07) is 9.05. The molecule has 1 aromatic rings.